The predicted molar refractivity (Wildman–Crippen MR) is 71.1 cm³/mol. The summed E-state index contributed by atoms with van der Waals surface area (Å²) in [5, 5.41) is 27.9. The van der Waals surface area contributed by atoms with E-state index in [2.05, 4.69) is 5.32 Å². The van der Waals surface area contributed by atoms with E-state index < -0.39 is 18.6 Å². The van der Waals surface area contributed by atoms with Crippen LogP contribution in [0.3, 0.4) is 0 Å². The van der Waals surface area contributed by atoms with Gasteiger partial charge in [-0.15, -0.1) is 0 Å². The zero-order chi connectivity index (χ0) is 14.2. The van der Waals surface area contributed by atoms with Crippen molar-refractivity contribution in [2.45, 2.75) is 44.5 Å². The van der Waals surface area contributed by atoms with E-state index >= 15 is 0 Å². The quantitative estimate of drug-likeness (QED) is 0.441. The number of rotatable bonds is 4. The molecule has 0 aromatic rings. The van der Waals surface area contributed by atoms with Gasteiger partial charge in [-0.25, -0.2) is 0 Å². The SMILES string of the molecule is CCB(O)O.CNC1(C(=O)O)CCCCC1CN. The van der Waals surface area contributed by atoms with Gasteiger partial charge in [-0.3, -0.25) is 4.79 Å². The Kier molecular flexibility index (Phi) is 8.18. The summed E-state index contributed by atoms with van der Waals surface area (Å²) in [6, 6.07) is 0. The molecule has 1 rings (SSSR count). The molecule has 1 aliphatic carbocycles. The van der Waals surface area contributed by atoms with E-state index in [1.54, 1.807) is 14.0 Å². The molecular formula is C11H25BN2O4. The van der Waals surface area contributed by atoms with Crippen molar-refractivity contribution in [3.63, 3.8) is 0 Å². The van der Waals surface area contributed by atoms with Crippen molar-refractivity contribution in [2.75, 3.05) is 13.6 Å². The Bertz CT molecular complexity index is 253. The average molecular weight is 260 g/mol. The third kappa shape index (κ3) is 4.57. The molecule has 106 valence electrons. The molecule has 0 heterocycles. The van der Waals surface area contributed by atoms with E-state index in [1.807, 2.05) is 0 Å². The highest BCUT2D eigenvalue weighted by molar-refractivity contribution is 6.40. The largest absolute Gasteiger partial charge is 0.480 e. The standard InChI is InChI=1S/C9H18N2O2.C2H7BO2/c1-11-9(8(12)13)5-3-2-4-7(9)6-10;1-2-3(4)5/h7,11H,2-6,10H2,1H3,(H,12,13);4-5H,2H2,1H3. The molecule has 2 unspecified atom stereocenters. The van der Waals surface area contributed by atoms with E-state index in [9.17, 15) is 9.90 Å². The first-order chi connectivity index (χ1) is 8.44. The molecule has 1 aliphatic rings. The third-order valence-electron chi connectivity index (χ3n) is 3.55. The van der Waals surface area contributed by atoms with E-state index in [-0.39, 0.29) is 5.92 Å². The van der Waals surface area contributed by atoms with Gasteiger partial charge in [0.25, 0.3) is 0 Å². The van der Waals surface area contributed by atoms with Crippen molar-refractivity contribution >= 4 is 13.1 Å². The van der Waals surface area contributed by atoms with Gasteiger partial charge in [0.2, 0.25) is 0 Å². The zero-order valence-corrected chi connectivity index (χ0v) is 11.2. The van der Waals surface area contributed by atoms with Gasteiger partial charge in [-0.1, -0.05) is 19.8 Å². The van der Waals surface area contributed by atoms with Gasteiger partial charge in [-0.2, -0.15) is 0 Å². The topological polar surface area (TPSA) is 116 Å². The number of hydrogen-bond donors (Lipinski definition) is 5. The Morgan fingerprint density at radius 1 is 1.50 bits per heavy atom. The van der Waals surface area contributed by atoms with Crippen LogP contribution < -0.4 is 11.1 Å². The Balaban J connectivity index is 0.000000494. The van der Waals surface area contributed by atoms with Crippen molar-refractivity contribution < 1.29 is 19.9 Å². The highest BCUT2D eigenvalue weighted by atomic mass is 16.4. The highest BCUT2D eigenvalue weighted by Crippen LogP contribution is 2.33. The molecule has 6 N–H and O–H groups in total. The molecule has 0 amide bonds. The summed E-state index contributed by atoms with van der Waals surface area (Å²) in [5.74, 6) is -0.686. The van der Waals surface area contributed by atoms with Crippen molar-refractivity contribution in [1.29, 1.82) is 0 Å². The van der Waals surface area contributed by atoms with Gasteiger partial charge >= 0.3 is 13.1 Å². The molecule has 1 fully saturated rings. The molecule has 0 bridgehead atoms. The lowest BCUT2D eigenvalue weighted by molar-refractivity contribution is -0.148. The Morgan fingerprint density at radius 2 is 2.06 bits per heavy atom. The lowest BCUT2D eigenvalue weighted by atomic mass is 9.72. The van der Waals surface area contributed by atoms with Crippen LogP contribution in [0.5, 0.6) is 0 Å². The number of carboxylic acid groups (broad SMARTS) is 1. The maximum absolute atomic E-state index is 11.2. The van der Waals surface area contributed by atoms with Crippen LogP contribution in [-0.2, 0) is 4.79 Å². The summed E-state index contributed by atoms with van der Waals surface area (Å²) < 4.78 is 0. The second kappa shape index (κ2) is 8.47. The van der Waals surface area contributed by atoms with E-state index in [1.165, 1.54) is 0 Å². The normalized spacial score (nSPS) is 27.1. The van der Waals surface area contributed by atoms with Crippen molar-refractivity contribution in [2.24, 2.45) is 11.7 Å². The van der Waals surface area contributed by atoms with Gasteiger partial charge in [-0.05, 0) is 32.8 Å². The second-order valence-electron chi connectivity index (χ2n) is 4.59. The first-order valence-electron chi connectivity index (χ1n) is 6.43. The van der Waals surface area contributed by atoms with E-state index in [0.717, 1.165) is 19.3 Å². The number of carboxylic acids is 1. The summed E-state index contributed by atoms with van der Waals surface area (Å²) in [6.45, 7) is 2.15. The number of nitrogens with two attached hydrogens (primary N) is 1. The molecule has 6 nitrogen and oxygen atoms in total. The number of aliphatic carboxylic acids is 1. The van der Waals surface area contributed by atoms with Gasteiger partial charge in [0.1, 0.15) is 5.54 Å². The summed E-state index contributed by atoms with van der Waals surface area (Å²) in [5.41, 5.74) is 4.82. The maximum atomic E-state index is 11.2. The third-order valence-corrected chi connectivity index (χ3v) is 3.55. The van der Waals surface area contributed by atoms with Crippen molar-refractivity contribution in [3.05, 3.63) is 0 Å². The van der Waals surface area contributed by atoms with Crippen LogP contribution in [-0.4, -0.2) is 47.4 Å². The molecule has 0 aromatic heterocycles. The van der Waals surface area contributed by atoms with Crippen LogP contribution in [0.25, 0.3) is 0 Å². The summed E-state index contributed by atoms with van der Waals surface area (Å²) >= 11 is 0. The molecule has 0 radical (unpaired) electrons. The van der Waals surface area contributed by atoms with Gasteiger partial charge in [0.05, 0.1) is 0 Å². The number of hydrogen-bond acceptors (Lipinski definition) is 5. The van der Waals surface area contributed by atoms with E-state index in [0.29, 0.717) is 19.3 Å². The fourth-order valence-electron chi connectivity index (χ4n) is 2.28. The highest BCUT2D eigenvalue weighted by Gasteiger charge is 2.45. The van der Waals surface area contributed by atoms with Gasteiger partial charge in [0.15, 0.2) is 0 Å². The van der Waals surface area contributed by atoms with Crippen LogP contribution in [0.15, 0.2) is 0 Å². The van der Waals surface area contributed by atoms with Crippen LogP contribution in [0.1, 0.15) is 32.6 Å². The number of nitrogens with one attached hydrogen (secondary N) is 1. The Hall–Kier alpha value is -0.625. The maximum Gasteiger partial charge on any atom is 0.451 e. The zero-order valence-electron chi connectivity index (χ0n) is 11.2. The minimum Gasteiger partial charge on any atom is -0.480 e. The minimum atomic E-state index is -1.12. The summed E-state index contributed by atoms with van der Waals surface area (Å²) in [6.07, 6.45) is 4.10. The van der Waals surface area contributed by atoms with Crippen molar-refractivity contribution in [3.8, 4) is 0 Å². The van der Waals surface area contributed by atoms with E-state index in [4.69, 9.17) is 15.8 Å². The number of carbonyl (C=O) groups is 1. The summed E-state index contributed by atoms with van der Waals surface area (Å²) in [4.78, 5) is 11.2. The number of likely N-dealkylation sites (N-methyl/N-ethyl adjacent to an activating group) is 1. The second-order valence-corrected chi connectivity index (χ2v) is 4.59. The molecule has 2 atom stereocenters. The fourth-order valence-corrected chi connectivity index (χ4v) is 2.28. The van der Waals surface area contributed by atoms with Gasteiger partial charge < -0.3 is 26.2 Å². The Morgan fingerprint density at radius 3 is 2.33 bits per heavy atom. The van der Waals surface area contributed by atoms with Crippen LogP contribution in [0.2, 0.25) is 6.32 Å². The van der Waals surface area contributed by atoms with Crippen LogP contribution in [0, 0.1) is 5.92 Å². The Labute approximate surface area is 109 Å². The van der Waals surface area contributed by atoms with Crippen LogP contribution in [0.4, 0.5) is 0 Å². The molecule has 7 heteroatoms. The lowest BCUT2D eigenvalue weighted by Crippen LogP contribution is -2.59. The van der Waals surface area contributed by atoms with Crippen LogP contribution >= 0.6 is 0 Å². The first-order valence-corrected chi connectivity index (χ1v) is 6.43. The monoisotopic (exact) mass is 260 g/mol. The summed E-state index contributed by atoms with van der Waals surface area (Å²) in [7, 11) is 0.595. The minimum absolute atomic E-state index is 0.0729. The lowest BCUT2D eigenvalue weighted by Gasteiger charge is -2.40. The molecular weight excluding hydrogens is 235 g/mol. The molecule has 0 spiro atoms. The van der Waals surface area contributed by atoms with Crippen molar-refractivity contribution in [1.82, 2.24) is 5.32 Å². The smallest absolute Gasteiger partial charge is 0.451 e. The molecule has 0 aliphatic heterocycles. The first kappa shape index (κ1) is 17.4. The molecule has 1 saturated carbocycles. The predicted octanol–water partition coefficient (Wildman–Crippen LogP) is -0.343. The molecule has 18 heavy (non-hydrogen) atoms. The fraction of sp³-hybridized carbons (Fsp3) is 0.909. The molecule has 0 aromatic carbocycles. The average Bonchev–Trinajstić information content (AvgIpc) is 2.38. The molecule has 0 saturated heterocycles. The van der Waals surface area contributed by atoms with Gasteiger partial charge in [0, 0.05) is 5.92 Å².